The number of nitrogens with two attached hydrogens (primary N) is 1. The zero-order valence-electron chi connectivity index (χ0n) is 13.8. The topological polar surface area (TPSA) is 81.2 Å². The Labute approximate surface area is 160 Å². The Kier molecular flexibility index (Phi) is 5.30. The van der Waals surface area contributed by atoms with Gasteiger partial charge >= 0.3 is 0 Å². The Balaban J connectivity index is 2.18. The van der Waals surface area contributed by atoms with Gasteiger partial charge in [0.2, 0.25) is 0 Å². The van der Waals surface area contributed by atoms with E-state index in [0.717, 1.165) is 5.69 Å². The summed E-state index contributed by atoms with van der Waals surface area (Å²) in [5.74, 6) is -0.367. The maximum Gasteiger partial charge on any atom is 0.254 e. The van der Waals surface area contributed by atoms with Crippen molar-refractivity contribution in [2.75, 3.05) is 5.32 Å². The molecule has 1 aromatic heterocycles. The smallest absolute Gasteiger partial charge is 0.254 e. The normalized spacial score (nSPS) is 11.8. The van der Waals surface area contributed by atoms with E-state index in [2.05, 4.69) is 10.5 Å². The number of anilines is 1. The van der Waals surface area contributed by atoms with Gasteiger partial charge in [-0.15, -0.1) is 0 Å². The van der Waals surface area contributed by atoms with Gasteiger partial charge in [-0.25, -0.2) is 0 Å². The van der Waals surface area contributed by atoms with Crippen LogP contribution in [0.15, 0.2) is 59.1 Å². The van der Waals surface area contributed by atoms with Crippen molar-refractivity contribution in [2.45, 2.75) is 6.92 Å². The molecule has 3 rings (SSSR count). The van der Waals surface area contributed by atoms with E-state index in [1.165, 1.54) is 0 Å². The first-order valence-electron chi connectivity index (χ1n) is 7.70. The van der Waals surface area contributed by atoms with Crippen molar-refractivity contribution in [1.82, 2.24) is 5.16 Å². The van der Waals surface area contributed by atoms with Crippen molar-refractivity contribution in [3.63, 3.8) is 0 Å². The van der Waals surface area contributed by atoms with E-state index in [9.17, 15) is 4.79 Å². The van der Waals surface area contributed by atoms with Gasteiger partial charge in [0.15, 0.2) is 5.76 Å². The number of hydrogen-bond donors (Lipinski definition) is 2. The van der Waals surface area contributed by atoms with Gasteiger partial charge in [0, 0.05) is 21.8 Å². The summed E-state index contributed by atoms with van der Waals surface area (Å²) in [6, 6.07) is 15.7. The van der Waals surface area contributed by atoms with Gasteiger partial charge in [-0.1, -0.05) is 40.5 Å². The Hall–Kier alpha value is -2.76. The summed E-state index contributed by atoms with van der Waals surface area (Å²) < 4.78 is 5.27. The molecule has 1 heterocycles. The number of aryl methyl sites for hydroxylation is 1. The molecule has 1 amide bonds. The zero-order chi connectivity index (χ0) is 18.7. The number of carbonyl (C=O) groups is 1. The number of nitrogens with one attached hydrogen (secondary N) is 1. The van der Waals surface area contributed by atoms with E-state index in [1.54, 1.807) is 61.5 Å². The van der Waals surface area contributed by atoms with Crippen LogP contribution in [-0.4, -0.2) is 11.1 Å². The summed E-state index contributed by atoms with van der Waals surface area (Å²) in [5, 5.41) is 8.25. The molecule has 3 N–H and O–H groups in total. The summed E-state index contributed by atoms with van der Waals surface area (Å²) in [7, 11) is 0. The van der Waals surface area contributed by atoms with Gasteiger partial charge in [-0.05, 0) is 48.9 Å². The Bertz CT molecular complexity index is 961. The van der Waals surface area contributed by atoms with Crippen LogP contribution in [0.5, 0.6) is 0 Å². The monoisotopic (exact) mass is 387 g/mol. The molecule has 0 saturated carbocycles. The Morgan fingerprint density at radius 2 is 1.62 bits per heavy atom. The molecule has 0 aliphatic carbocycles. The van der Waals surface area contributed by atoms with Crippen molar-refractivity contribution < 1.29 is 9.32 Å². The fourth-order valence-corrected chi connectivity index (χ4v) is 2.67. The van der Waals surface area contributed by atoms with Crippen molar-refractivity contribution in [3.8, 4) is 0 Å². The number of hydrogen-bond acceptors (Lipinski definition) is 4. The van der Waals surface area contributed by atoms with Gasteiger partial charge in [0.05, 0.1) is 11.4 Å². The van der Waals surface area contributed by atoms with Crippen LogP contribution < -0.4 is 11.1 Å². The minimum atomic E-state index is -0.646. The van der Waals surface area contributed by atoms with Gasteiger partial charge in [-0.2, -0.15) is 0 Å². The number of amides is 1. The Morgan fingerprint density at radius 3 is 2.12 bits per heavy atom. The van der Waals surface area contributed by atoms with E-state index in [1.807, 2.05) is 0 Å². The van der Waals surface area contributed by atoms with Gasteiger partial charge in [0.1, 0.15) is 5.57 Å². The molecule has 0 aliphatic heterocycles. The van der Waals surface area contributed by atoms with Gasteiger partial charge < -0.3 is 15.6 Å². The van der Waals surface area contributed by atoms with Crippen LogP contribution in [0.4, 0.5) is 5.69 Å². The fraction of sp³-hybridized carbons (Fsp3) is 0.0526. The fourth-order valence-electron chi connectivity index (χ4n) is 2.42. The molecule has 0 saturated heterocycles. The average Bonchev–Trinajstić information content (AvgIpc) is 3.02. The van der Waals surface area contributed by atoms with E-state index in [-0.39, 0.29) is 11.3 Å². The summed E-state index contributed by atoms with van der Waals surface area (Å²) >= 11 is 11.9. The number of primary amides is 1. The SMILES string of the molecule is Cc1cc(/C(C(N)=O)=C(\Nc2ccc(Cl)cc2)c2ccc(Cl)cc2)on1. The van der Waals surface area contributed by atoms with Crippen LogP contribution in [0.3, 0.4) is 0 Å². The second-order valence-electron chi connectivity index (χ2n) is 5.59. The van der Waals surface area contributed by atoms with E-state index >= 15 is 0 Å². The van der Waals surface area contributed by atoms with Gasteiger partial charge in [-0.3, -0.25) is 4.79 Å². The molecule has 0 radical (unpaired) electrons. The minimum absolute atomic E-state index is 0.183. The van der Waals surface area contributed by atoms with Crippen molar-refractivity contribution in [1.29, 1.82) is 0 Å². The lowest BCUT2D eigenvalue weighted by atomic mass is 10.0. The molecule has 0 spiro atoms. The number of benzene rings is 2. The largest absolute Gasteiger partial charge is 0.365 e. The molecule has 7 heteroatoms. The zero-order valence-corrected chi connectivity index (χ0v) is 15.3. The van der Waals surface area contributed by atoms with Crippen LogP contribution in [0.2, 0.25) is 10.0 Å². The molecule has 0 fully saturated rings. The molecule has 3 aromatic rings. The van der Waals surface area contributed by atoms with E-state index < -0.39 is 5.91 Å². The molecule has 26 heavy (non-hydrogen) atoms. The molecular formula is C19H15Cl2N3O2. The van der Waals surface area contributed by atoms with Crippen LogP contribution >= 0.6 is 23.2 Å². The average molecular weight is 388 g/mol. The number of carbonyl (C=O) groups excluding carboxylic acids is 1. The highest BCUT2D eigenvalue weighted by atomic mass is 35.5. The lowest BCUT2D eigenvalue weighted by molar-refractivity contribution is -0.112. The molecule has 0 aliphatic rings. The molecule has 132 valence electrons. The summed E-state index contributed by atoms with van der Waals surface area (Å²) in [5.41, 5.74) is 8.40. The van der Waals surface area contributed by atoms with Crippen LogP contribution in [0.1, 0.15) is 17.0 Å². The van der Waals surface area contributed by atoms with Crippen LogP contribution in [-0.2, 0) is 4.79 Å². The summed E-state index contributed by atoms with van der Waals surface area (Å²) in [4.78, 5) is 12.2. The lowest BCUT2D eigenvalue weighted by Gasteiger charge is -2.15. The maximum atomic E-state index is 12.2. The van der Waals surface area contributed by atoms with Gasteiger partial charge in [0.25, 0.3) is 5.91 Å². The van der Waals surface area contributed by atoms with E-state index in [0.29, 0.717) is 27.0 Å². The second kappa shape index (κ2) is 7.64. The third kappa shape index (κ3) is 4.07. The maximum absolute atomic E-state index is 12.2. The molecule has 5 nitrogen and oxygen atoms in total. The number of aromatic nitrogens is 1. The first kappa shape index (κ1) is 18.0. The number of nitrogens with zero attached hydrogens (tertiary/aromatic N) is 1. The summed E-state index contributed by atoms with van der Waals surface area (Å²) in [6.45, 7) is 1.76. The predicted molar refractivity (Wildman–Crippen MR) is 104 cm³/mol. The van der Waals surface area contributed by atoms with Crippen LogP contribution in [0.25, 0.3) is 11.3 Å². The highest BCUT2D eigenvalue weighted by Gasteiger charge is 2.21. The quantitative estimate of drug-likeness (QED) is 0.618. The highest BCUT2D eigenvalue weighted by molar-refractivity contribution is 6.31. The van der Waals surface area contributed by atoms with Crippen molar-refractivity contribution in [3.05, 3.63) is 81.7 Å². The minimum Gasteiger partial charge on any atom is -0.365 e. The van der Waals surface area contributed by atoms with Crippen molar-refractivity contribution >= 4 is 46.1 Å². The van der Waals surface area contributed by atoms with Crippen LogP contribution in [0, 0.1) is 6.92 Å². The first-order chi connectivity index (χ1) is 12.4. The molecule has 0 unspecified atom stereocenters. The molecule has 0 bridgehead atoms. The second-order valence-corrected chi connectivity index (χ2v) is 6.46. The molecule has 2 aromatic carbocycles. The molecular weight excluding hydrogens is 373 g/mol. The predicted octanol–water partition coefficient (Wildman–Crippen LogP) is 4.76. The molecule has 0 atom stereocenters. The van der Waals surface area contributed by atoms with Crippen molar-refractivity contribution in [2.24, 2.45) is 5.73 Å². The third-order valence-corrected chi connectivity index (χ3v) is 4.12. The third-order valence-electron chi connectivity index (χ3n) is 3.62. The number of rotatable bonds is 5. The Morgan fingerprint density at radius 1 is 1.04 bits per heavy atom. The standard InChI is InChI=1S/C19H15Cl2N3O2/c1-11-10-16(26-24-11)17(19(22)25)18(12-2-4-13(20)5-3-12)23-15-8-6-14(21)7-9-15/h2-10,23H,1H3,(H2,22,25)/b18-17+. The summed E-state index contributed by atoms with van der Waals surface area (Å²) in [6.07, 6.45) is 0. The van der Waals surface area contributed by atoms with E-state index in [4.69, 9.17) is 33.5 Å². The lowest BCUT2D eigenvalue weighted by Crippen LogP contribution is -2.17. The first-order valence-corrected chi connectivity index (χ1v) is 8.46. The highest BCUT2D eigenvalue weighted by Crippen LogP contribution is 2.29. The number of halogens is 2.